The quantitative estimate of drug-likeness (QED) is 0.586. The minimum Gasteiger partial charge on any atom is -0.324 e. The first kappa shape index (κ1) is 26.5. The molecule has 0 radical (unpaired) electrons. The third kappa shape index (κ3) is 6.10. The van der Waals surface area contributed by atoms with E-state index >= 15 is 0 Å². The van der Waals surface area contributed by atoms with Gasteiger partial charge in [0.15, 0.2) is 0 Å². The van der Waals surface area contributed by atoms with Gasteiger partial charge in [0, 0.05) is 23.8 Å². The molecule has 1 atom stereocenters. The maximum atomic E-state index is 13.0. The lowest BCUT2D eigenvalue weighted by molar-refractivity contribution is -0.116. The van der Waals surface area contributed by atoms with E-state index in [1.165, 1.54) is 41.6 Å². The minimum absolute atomic E-state index is 0.160. The average Bonchev–Trinajstić information content (AvgIpc) is 3.06. The number of anilines is 2. The van der Waals surface area contributed by atoms with Gasteiger partial charge in [-0.2, -0.15) is 4.31 Å². The van der Waals surface area contributed by atoms with Crippen molar-refractivity contribution < 1.29 is 21.6 Å². The molecule has 0 spiro atoms. The molecule has 1 amide bonds. The number of benzene rings is 2. The van der Waals surface area contributed by atoms with Crippen LogP contribution in [-0.2, 0) is 24.8 Å². The number of hydrogen-bond acceptors (Lipinski definition) is 5. The van der Waals surface area contributed by atoms with Crippen LogP contribution < -0.4 is 9.62 Å². The van der Waals surface area contributed by atoms with Gasteiger partial charge in [0.2, 0.25) is 26.0 Å². The molecule has 34 heavy (non-hydrogen) atoms. The van der Waals surface area contributed by atoms with Crippen molar-refractivity contribution in [1.82, 2.24) is 4.31 Å². The fourth-order valence-corrected chi connectivity index (χ4v) is 6.90. The van der Waals surface area contributed by atoms with Crippen molar-refractivity contribution in [2.45, 2.75) is 50.5 Å². The highest BCUT2D eigenvalue weighted by molar-refractivity contribution is 7.92. The molecule has 11 heteroatoms. The van der Waals surface area contributed by atoms with Crippen molar-refractivity contribution in [2.24, 2.45) is 0 Å². The third-order valence-electron chi connectivity index (χ3n) is 5.82. The van der Waals surface area contributed by atoms with Crippen LogP contribution in [0.15, 0.2) is 47.4 Å². The van der Waals surface area contributed by atoms with E-state index in [0.717, 1.165) is 36.2 Å². The molecule has 8 nitrogen and oxygen atoms in total. The summed E-state index contributed by atoms with van der Waals surface area (Å²) in [6.07, 6.45) is 4.75. The number of rotatable bonds is 7. The molecular weight excluding hydrogens is 498 g/mol. The first-order valence-corrected chi connectivity index (χ1v) is 14.7. The first-order valence-electron chi connectivity index (χ1n) is 11.1. The van der Waals surface area contributed by atoms with Crippen LogP contribution in [-0.4, -0.2) is 52.4 Å². The maximum Gasteiger partial charge on any atom is 0.247 e. The summed E-state index contributed by atoms with van der Waals surface area (Å²) in [6, 6.07) is 9.68. The van der Waals surface area contributed by atoms with Gasteiger partial charge in [0.05, 0.1) is 16.8 Å². The monoisotopic (exact) mass is 527 g/mol. The summed E-state index contributed by atoms with van der Waals surface area (Å²) >= 11 is 6.07. The molecule has 0 aromatic heterocycles. The number of halogens is 1. The van der Waals surface area contributed by atoms with Crippen LogP contribution in [0.2, 0.25) is 5.02 Å². The number of nitrogens with zero attached hydrogens (tertiary/aromatic N) is 2. The van der Waals surface area contributed by atoms with E-state index in [0.29, 0.717) is 35.1 Å². The number of aryl methyl sites for hydroxylation is 1. The average molecular weight is 528 g/mol. The van der Waals surface area contributed by atoms with E-state index in [-0.39, 0.29) is 4.90 Å². The van der Waals surface area contributed by atoms with Gasteiger partial charge >= 0.3 is 0 Å². The van der Waals surface area contributed by atoms with Crippen LogP contribution in [0.4, 0.5) is 11.4 Å². The minimum atomic E-state index is -3.81. The largest absolute Gasteiger partial charge is 0.324 e. The Hall–Kier alpha value is -2.14. The number of amides is 1. The molecular formula is C23H30ClN3O5S2. The van der Waals surface area contributed by atoms with Crippen LogP contribution in [0, 0.1) is 6.92 Å². The highest BCUT2D eigenvalue weighted by Crippen LogP contribution is 2.29. The SMILES string of the molecule is Cc1ccc(Cl)cc1N(C(C)C(=O)Nc1ccc(S(=O)(=O)N2CCCCCC2)cc1)S(C)(=O)=O. The third-order valence-corrected chi connectivity index (χ3v) is 9.20. The molecule has 2 aromatic carbocycles. The fraction of sp³-hybridized carbons (Fsp3) is 0.435. The number of sulfonamides is 2. The molecule has 3 rings (SSSR count). The Labute approximate surface area is 207 Å². The predicted molar refractivity (Wildman–Crippen MR) is 135 cm³/mol. The maximum absolute atomic E-state index is 13.0. The predicted octanol–water partition coefficient (Wildman–Crippen LogP) is 4.01. The Bertz CT molecular complexity index is 1240. The van der Waals surface area contributed by atoms with Crippen molar-refractivity contribution >= 4 is 48.9 Å². The van der Waals surface area contributed by atoms with Gasteiger partial charge in [-0.05, 0) is 68.7 Å². The highest BCUT2D eigenvalue weighted by Gasteiger charge is 2.31. The number of carbonyl (C=O) groups is 1. The van der Waals surface area contributed by atoms with Gasteiger partial charge in [-0.1, -0.05) is 30.5 Å². The van der Waals surface area contributed by atoms with Crippen LogP contribution in [0.1, 0.15) is 38.2 Å². The van der Waals surface area contributed by atoms with Gasteiger partial charge < -0.3 is 5.32 Å². The molecule has 1 saturated heterocycles. The normalized spacial score (nSPS) is 16.5. The van der Waals surface area contributed by atoms with E-state index < -0.39 is 32.0 Å². The second kappa shape index (κ2) is 10.6. The zero-order chi connectivity index (χ0) is 25.1. The van der Waals surface area contributed by atoms with Crippen molar-refractivity contribution in [3.05, 3.63) is 53.1 Å². The van der Waals surface area contributed by atoms with Gasteiger partial charge in [-0.3, -0.25) is 9.10 Å². The lowest BCUT2D eigenvalue weighted by Gasteiger charge is -2.29. The summed E-state index contributed by atoms with van der Waals surface area (Å²) in [4.78, 5) is 13.1. The molecule has 186 valence electrons. The molecule has 0 saturated carbocycles. The Balaban J connectivity index is 1.79. The highest BCUT2D eigenvalue weighted by atomic mass is 35.5. The Morgan fingerprint density at radius 2 is 1.59 bits per heavy atom. The van der Waals surface area contributed by atoms with Crippen molar-refractivity contribution in [3.8, 4) is 0 Å². The summed E-state index contributed by atoms with van der Waals surface area (Å²) in [5.74, 6) is -0.562. The topological polar surface area (TPSA) is 104 Å². The van der Waals surface area contributed by atoms with E-state index in [1.807, 2.05) is 0 Å². The number of carbonyl (C=O) groups excluding carboxylic acids is 1. The summed E-state index contributed by atoms with van der Waals surface area (Å²) in [5.41, 5.74) is 1.33. The Morgan fingerprint density at radius 1 is 1.00 bits per heavy atom. The molecule has 1 aliphatic rings. The molecule has 1 N–H and O–H groups in total. The van der Waals surface area contributed by atoms with Crippen molar-refractivity contribution in [1.29, 1.82) is 0 Å². The second-order valence-corrected chi connectivity index (χ2v) is 12.7. The van der Waals surface area contributed by atoms with Gasteiger partial charge in [-0.15, -0.1) is 0 Å². The van der Waals surface area contributed by atoms with Crippen molar-refractivity contribution in [3.63, 3.8) is 0 Å². The molecule has 1 unspecified atom stereocenters. The Kier molecular flexibility index (Phi) is 8.28. The van der Waals surface area contributed by atoms with Crippen LogP contribution >= 0.6 is 11.6 Å². The van der Waals surface area contributed by atoms with Crippen LogP contribution in [0.3, 0.4) is 0 Å². The summed E-state index contributed by atoms with van der Waals surface area (Å²) < 4.78 is 53.6. The van der Waals surface area contributed by atoms with E-state index in [1.54, 1.807) is 19.1 Å². The summed E-state index contributed by atoms with van der Waals surface area (Å²) in [6.45, 7) is 4.22. The molecule has 0 bridgehead atoms. The van der Waals surface area contributed by atoms with Crippen LogP contribution in [0.25, 0.3) is 0 Å². The van der Waals surface area contributed by atoms with Gasteiger partial charge in [0.1, 0.15) is 6.04 Å². The zero-order valence-corrected chi connectivity index (χ0v) is 21.9. The summed E-state index contributed by atoms with van der Waals surface area (Å²) in [5, 5.41) is 3.03. The Morgan fingerprint density at radius 3 is 2.15 bits per heavy atom. The van der Waals surface area contributed by atoms with E-state index in [2.05, 4.69) is 5.32 Å². The molecule has 1 fully saturated rings. The van der Waals surface area contributed by atoms with Gasteiger partial charge in [-0.25, -0.2) is 16.8 Å². The standard InChI is InChI=1S/C23H30ClN3O5S2/c1-17-8-9-19(24)16-22(17)27(33(3,29)30)18(2)23(28)25-20-10-12-21(13-11-20)34(31,32)26-14-6-4-5-7-15-26/h8-13,16,18H,4-7,14-15H2,1-3H3,(H,25,28). The van der Waals surface area contributed by atoms with E-state index in [9.17, 15) is 21.6 Å². The second-order valence-electron chi connectivity index (χ2n) is 8.50. The number of nitrogens with one attached hydrogen (secondary N) is 1. The molecule has 1 aliphatic heterocycles. The molecule has 0 aliphatic carbocycles. The number of hydrogen-bond donors (Lipinski definition) is 1. The zero-order valence-electron chi connectivity index (χ0n) is 19.5. The fourth-order valence-electron chi connectivity index (χ4n) is 3.99. The first-order chi connectivity index (χ1) is 15.9. The summed E-state index contributed by atoms with van der Waals surface area (Å²) in [7, 11) is -7.41. The van der Waals surface area contributed by atoms with Gasteiger partial charge in [0.25, 0.3) is 0 Å². The van der Waals surface area contributed by atoms with Crippen LogP contribution in [0.5, 0.6) is 0 Å². The lowest BCUT2D eigenvalue weighted by atomic mass is 10.1. The lowest BCUT2D eigenvalue weighted by Crippen LogP contribution is -2.45. The smallest absolute Gasteiger partial charge is 0.247 e. The molecule has 1 heterocycles. The van der Waals surface area contributed by atoms with Crippen molar-refractivity contribution in [2.75, 3.05) is 29.0 Å². The van der Waals surface area contributed by atoms with E-state index in [4.69, 9.17) is 11.6 Å². The molecule has 2 aromatic rings.